The van der Waals surface area contributed by atoms with Gasteiger partial charge in [0, 0.05) is 41.6 Å². The summed E-state index contributed by atoms with van der Waals surface area (Å²) in [5.41, 5.74) is 7.00. The molecular formula is C25H27ClN4O7S2. The molecule has 0 saturated carbocycles. The van der Waals surface area contributed by atoms with Crippen LogP contribution in [0, 0.1) is 10.1 Å². The van der Waals surface area contributed by atoms with Crippen molar-refractivity contribution in [3.8, 4) is 0 Å². The molecule has 3 N–H and O–H groups in total. The Morgan fingerprint density at radius 2 is 1.74 bits per heavy atom. The normalized spacial score (nSPS) is 9.56. The molecule has 3 aromatic rings. The summed E-state index contributed by atoms with van der Waals surface area (Å²) in [6, 6.07) is 14.1. The van der Waals surface area contributed by atoms with Gasteiger partial charge in [0.25, 0.3) is 11.6 Å². The van der Waals surface area contributed by atoms with Crippen molar-refractivity contribution in [3.63, 3.8) is 0 Å². The number of nitrogens with zero attached hydrogens (tertiary/aromatic N) is 2. The van der Waals surface area contributed by atoms with Gasteiger partial charge >= 0.3 is 11.9 Å². The van der Waals surface area contributed by atoms with Gasteiger partial charge in [-0.2, -0.15) is 0 Å². The van der Waals surface area contributed by atoms with E-state index in [0.717, 1.165) is 12.8 Å². The van der Waals surface area contributed by atoms with Gasteiger partial charge in [0.05, 0.1) is 31.1 Å². The predicted octanol–water partition coefficient (Wildman–Crippen LogP) is 4.50. The lowest BCUT2D eigenvalue weighted by molar-refractivity contribution is -0.385. The molecule has 208 valence electrons. The highest BCUT2D eigenvalue weighted by molar-refractivity contribution is 8.59. The minimum Gasteiger partial charge on any atom is -0.469 e. The summed E-state index contributed by atoms with van der Waals surface area (Å²) in [5.74, 6) is -1.45. The van der Waals surface area contributed by atoms with Crippen LogP contribution in [0.4, 0.5) is 11.4 Å². The number of nitro groups is 1. The summed E-state index contributed by atoms with van der Waals surface area (Å²) in [6.07, 6.45) is 2.76. The number of benzene rings is 2. The summed E-state index contributed by atoms with van der Waals surface area (Å²) in [6.45, 7) is 0.0171. The number of carbonyl (C=O) groups is 3. The Morgan fingerprint density at radius 3 is 2.31 bits per heavy atom. The Morgan fingerprint density at radius 1 is 1.05 bits per heavy atom. The Balaban J connectivity index is 0.000000454. The average molecular weight is 595 g/mol. The fraction of sp³-hybridized carbons (Fsp3) is 0.200. The van der Waals surface area contributed by atoms with Gasteiger partial charge in [-0.3, -0.25) is 24.7 Å². The van der Waals surface area contributed by atoms with Crippen molar-refractivity contribution < 1.29 is 28.8 Å². The maximum Gasteiger partial charge on any atom is 0.344 e. The highest BCUT2D eigenvalue weighted by atomic mass is 35.5. The molecule has 0 saturated heterocycles. The number of ether oxygens (including phenoxy) is 2. The minimum atomic E-state index is -0.809. The smallest absolute Gasteiger partial charge is 0.344 e. The molecule has 0 aliphatic rings. The topological polar surface area (TPSA) is 164 Å². The highest BCUT2D eigenvalue weighted by Crippen LogP contribution is 2.22. The summed E-state index contributed by atoms with van der Waals surface area (Å²) in [7, 11) is 2.53. The third-order valence-electron chi connectivity index (χ3n) is 4.91. The SMILES string of the molecule is COC(=O)CCc1ccccn1.COC(=O)c1ccc(CNC(=O)c2ccc(Cl)cc2N)cc1[N+](=O)[O-].SS. The highest BCUT2D eigenvalue weighted by Gasteiger charge is 2.21. The average Bonchev–Trinajstić information content (AvgIpc) is 2.96. The standard InChI is InChI=1S/C16H14ClN3O5.C9H11NO2.H2S2/c1-25-16(22)12-4-2-9(6-14(12)20(23)24)8-19-15(21)11-5-3-10(17)7-13(11)18;1-12-9(11)6-5-8-4-2-3-7-10-8;1-2/h2-7H,8,18H2,1H3,(H,19,21);2-4,7H,5-6H2,1H3;1-2H. The summed E-state index contributed by atoms with van der Waals surface area (Å²) < 4.78 is 9.01. The van der Waals surface area contributed by atoms with Crippen molar-refractivity contribution in [2.45, 2.75) is 19.4 Å². The molecule has 0 spiro atoms. The first-order chi connectivity index (χ1) is 18.7. The number of nitrogen functional groups attached to an aromatic ring is 1. The van der Waals surface area contributed by atoms with Crippen LogP contribution in [0.5, 0.6) is 0 Å². The van der Waals surface area contributed by atoms with Crippen molar-refractivity contribution >= 4 is 64.1 Å². The van der Waals surface area contributed by atoms with Gasteiger partial charge in [-0.25, -0.2) is 4.79 Å². The molecule has 0 bridgehead atoms. The number of hydrogen-bond donors (Lipinski definition) is 4. The molecule has 0 atom stereocenters. The molecule has 2 aromatic carbocycles. The van der Waals surface area contributed by atoms with Crippen LogP contribution in [0.15, 0.2) is 60.8 Å². The quantitative estimate of drug-likeness (QED) is 0.0734. The van der Waals surface area contributed by atoms with Gasteiger partial charge in [-0.05, 0) is 42.0 Å². The number of rotatable bonds is 8. The zero-order valence-electron chi connectivity index (χ0n) is 21.0. The number of methoxy groups -OCH3 is 2. The van der Waals surface area contributed by atoms with E-state index < -0.39 is 22.5 Å². The van der Waals surface area contributed by atoms with E-state index in [0.29, 0.717) is 23.4 Å². The van der Waals surface area contributed by atoms with Gasteiger partial charge in [-0.1, -0.05) is 23.7 Å². The lowest BCUT2D eigenvalue weighted by atomic mass is 10.1. The van der Waals surface area contributed by atoms with E-state index in [1.165, 1.54) is 43.5 Å². The van der Waals surface area contributed by atoms with E-state index >= 15 is 0 Å². The molecule has 0 aliphatic carbocycles. The van der Waals surface area contributed by atoms with Gasteiger partial charge in [-0.15, -0.1) is 23.3 Å². The maximum absolute atomic E-state index is 12.1. The molecule has 0 radical (unpaired) electrons. The Labute approximate surface area is 240 Å². The van der Waals surface area contributed by atoms with Gasteiger partial charge in [0.1, 0.15) is 5.56 Å². The molecule has 3 rings (SSSR count). The lowest BCUT2D eigenvalue weighted by Crippen LogP contribution is -2.24. The zero-order chi connectivity index (χ0) is 29.4. The van der Waals surface area contributed by atoms with Crippen LogP contribution in [0.2, 0.25) is 5.02 Å². The van der Waals surface area contributed by atoms with E-state index in [2.05, 4.69) is 43.1 Å². The van der Waals surface area contributed by atoms with Crippen molar-refractivity contribution in [1.29, 1.82) is 0 Å². The Hall–Kier alpha value is -3.81. The fourth-order valence-electron chi connectivity index (χ4n) is 3.02. The molecule has 1 heterocycles. The van der Waals surface area contributed by atoms with Crippen molar-refractivity contribution in [2.75, 3.05) is 20.0 Å². The minimum absolute atomic E-state index is 0.0171. The number of nitro benzene ring substituents is 1. The van der Waals surface area contributed by atoms with Gasteiger partial charge in [0.15, 0.2) is 0 Å². The molecule has 1 amide bonds. The summed E-state index contributed by atoms with van der Waals surface area (Å²) in [4.78, 5) is 48.9. The van der Waals surface area contributed by atoms with E-state index in [9.17, 15) is 24.5 Å². The largest absolute Gasteiger partial charge is 0.469 e. The van der Waals surface area contributed by atoms with Crippen molar-refractivity contribution in [1.82, 2.24) is 10.3 Å². The van der Waals surface area contributed by atoms with E-state index in [4.69, 9.17) is 17.3 Å². The second-order valence-corrected chi connectivity index (χ2v) is 7.85. The monoisotopic (exact) mass is 594 g/mol. The number of aryl methyl sites for hydroxylation is 1. The first kappa shape index (κ1) is 33.2. The van der Waals surface area contributed by atoms with Crippen LogP contribution in [-0.2, 0) is 27.2 Å². The summed E-state index contributed by atoms with van der Waals surface area (Å²) >= 11 is 12.2. The molecular weight excluding hydrogens is 568 g/mol. The Kier molecular flexibility index (Phi) is 15.0. The molecule has 11 nitrogen and oxygen atoms in total. The van der Waals surface area contributed by atoms with E-state index in [1.54, 1.807) is 6.20 Å². The molecule has 0 aliphatic heterocycles. The number of carbonyl (C=O) groups excluding carboxylic acids is 3. The number of nitrogens with two attached hydrogens (primary N) is 1. The van der Waals surface area contributed by atoms with E-state index in [1.807, 2.05) is 18.2 Å². The first-order valence-corrected chi connectivity index (χ1v) is 13.0. The number of thiol groups is 2. The van der Waals surface area contributed by atoms with Crippen LogP contribution < -0.4 is 11.1 Å². The number of aromatic nitrogens is 1. The molecule has 0 fully saturated rings. The number of nitrogens with one attached hydrogen (secondary N) is 1. The van der Waals surface area contributed by atoms with Crippen LogP contribution in [0.3, 0.4) is 0 Å². The van der Waals surface area contributed by atoms with Crippen molar-refractivity contribution in [3.05, 3.63) is 98.3 Å². The number of anilines is 1. The first-order valence-electron chi connectivity index (χ1n) is 11.0. The van der Waals surface area contributed by atoms with Crippen LogP contribution in [0.25, 0.3) is 0 Å². The molecule has 1 aromatic heterocycles. The third-order valence-corrected chi connectivity index (χ3v) is 5.15. The molecule has 39 heavy (non-hydrogen) atoms. The third kappa shape index (κ3) is 11.2. The number of pyridine rings is 1. The predicted molar refractivity (Wildman–Crippen MR) is 154 cm³/mol. The molecule has 0 unspecified atom stereocenters. The Bertz CT molecular complexity index is 1280. The number of halogens is 1. The maximum atomic E-state index is 12.1. The molecule has 14 heteroatoms. The second-order valence-electron chi connectivity index (χ2n) is 7.41. The fourth-order valence-corrected chi connectivity index (χ4v) is 3.20. The van der Waals surface area contributed by atoms with Crippen LogP contribution >= 0.6 is 34.9 Å². The lowest BCUT2D eigenvalue weighted by Gasteiger charge is -2.09. The van der Waals surface area contributed by atoms with Gasteiger partial charge in [0.2, 0.25) is 0 Å². The number of esters is 2. The van der Waals surface area contributed by atoms with Crippen molar-refractivity contribution in [2.24, 2.45) is 0 Å². The van der Waals surface area contributed by atoms with E-state index in [-0.39, 0.29) is 29.3 Å². The second kappa shape index (κ2) is 17.7. The van der Waals surface area contributed by atoms with Crippen LogP contribution in [0.1, 0.15) is 38.4 Å². The zero-order valence-corrected chi connectivity index (χ0v) is 23.5. The van der Waals surface area contributed by atoms with Crippen LogP contribution in [-0.4, -0.2) is 42.0 Å². The number of amides is 1. The number of hydrogen-bond acceptors (Lipinski definition) is 11. The van der Waals surface area contributed by atoms with Gasteiger partial charge < -0.3 is 20.5 Å². The summed E-state index contributed by atoms with van der Waals surface area (Å²) in [5, 5.41) is 14.1.